The maximum absolute atomic E-state index is 13.4. The summed E-state index contributed by atoms with van der Waals surface area (Å²) in [4.78, 5) is 23.1. The van der Waals surface area contributed by atoms with Gasteiger partial charge in [0, 0.05) is 6.42 Å². The van der Waals surface area contributed by atoms with Crippen LogP contribution in [0.2, 0.25) is 0 Å². The van der Waals surface area contributed by atoms with Gasteiger partial charge in [-0.25, -0.2) is 9.18 Å². The Morgan fingerprint density at radius 1 is 1.38 bits per heavy atom. The summed E-state index contributed by atoms with van der Waals surface area (Å²) < 4.78 is 17.9. The zero-order chi connectivity index (χ0) is 16.0. The second-order valence-electron chi connectivity index (χ2n) is 4.61. The van der Waals surface area contributed by atoms with E-state index in [1.165, 1.54) is 24.3 Å². The van der Waals surface area contributed by atoms with E-state index in [0.717, 1.165) is 0 Å². The summed E-state index contributed by atoms with van der Waals surface area (Å²) in [6, 6.07) is 7.51. The number of rotatable bonds is 7. The van der Waals surface area contributed by atoms with Crippen LogP contribution < -0.4 is 5.73 Å². The number of nitrogens with two attached hydrogens (primary N) is 1. The molecule has 0 spiro atoms. The van der Waals surface area contributed by atoms with E-state index in [1.807, 2.05) is 0 Å². The Morgan fingerprint density at radius 2 is 1.95 bits per heavy atom. The van der Waals surface area contributed by atoms with E-state index in [9.17, 15) is 19.1 Å². The third-order valence-corrected chi connectivity index (χ3v) is 2.91. The predicted octanol–water partition coefficient (Wildman–Crippen LogP) is 1.14. The lowest BCUT2D eigenvalue weighted by atomic mass is 9.89. The SMILES string of the molecule is CCCC(F)OC(=O)C(c1ccccc1)C(N)(O)C(=O)O. The van der Waals surface area contributed by atoms with Gasteiger partial charge in [-0.05, 0) is 12.0 Å². The summed E-state index contributed by atoms with van der Waals surface area (Å²) in [6.45, 7) is 1.70. The number of esters is 1. The van der Waals surface area contributed by atoms with Crippen LogP contribution in [-0.2, 0) is 14.3 Å². The van der Waals surface area contributed by atoms with Crippen molar-refractivity contribution in [3.8, 4) is 0 Å². The molecule has 21 heavy (non-hydrogen) atoms. The Labute approximate surface area is 121 Å². The Kier molecular flexibility index (Phi) is 5.80. The van der Waals surface area contributed by atoms with Crippen LogP contribution >= 0.6 is 0 Å². The average Bonchev–Trinajstić information content (AvgIpc) is 2.39. The quantitative estimate of drug-likeness (QED) is 0.514. The van der Waals surface area contributed by atoms with E-state index in [2.05, 4.69) is 4.74 Å². The molecule has 0 heterocycles. The number of aliphatic carboxylic acids is 1. The van der Waals surface area contributed by atoms with Crippen molar-refractivity contribution in [1.29, 1.82) is 0 Å². The number of carboxylic acids is 1. The summed E-state index contributed by atoms with van der Waals surface area (Å²) in [6.07, 6.45) is -1.46. The topological polar surface area (TPSA) is 110 Å². The highest BCUT2D eigenvalue weighted by molar-refractivity contribution is 5.89. The number of aliphatic hydroxyl groups is 1. The standard InChI is InChI=1S/C14H18FNO5/c1-2-6-10(15)21-12(17)11(14(16,20)13(18)19)9-7-4-3-5-8-9/h3-5,7-8,10-11,20H,2,6,16H2,1H3,(H,18,19). The van der Waals surface area contributed by atoms with Gasteiger partial charge in [-0.3, -0.25) is 10.5 Å². The fraction of sp³-hybridized carbons (Fsp3) is 0.429. The minimum absolute atomic E-state index is 0.0245. The van der Waals surface area contributed by atoms with Crippen molar-refractivity contribution in [2.45, 2.75) is 37.8 Å². The molecule has 1 aromatic carbocycles. The number of carboxylic acid groups (broad SMARTS) is 1. The first-order valence-corrected chi connectivity index (χ1v) is 6.44. The van der Waals surface area contributed by atoms with Crippen molar-refractivity contribution < 1.29 is 28.9 Å². The van der Waals surface area contributed by atoms with E-state index in [1.54, 1.807) is 13.0 Å². The molecule has 6 nitrogen and oxygen atoms in total. The van der Waals surface area contributed by atoms with Crippen LogP contribution in [0.5, 0.6) is 0 Å². The van der Waals surface area contributed by atoms with Crippen molar-refractivity contribution in [2.75, 3.05) is 0 Å². The molecule has 1 rings (SSSR count). The molecule has 3 unspecified atom stereocenters. The first-order valence-electron chi connectivity index (χ1n) is 6.44. The molecular formula is C14H18FNO5. The molecular weight excluding hydrogens is 281 g/mol. The molecule has 0 bridgehead atoms. The molecule has 0 saturated heterocycles. The molecule has 0 saturated carbocycles. The van der Waals surface area contributed by atoms with E-state index in [4.69, 9.17) is 10.8 Å². The lowest BCUT2D eigenvalue weighted by Crippen LogP contribution is -2.55. The molecule has 0 fully saturated rings. The fourth-order valence-electron chi connectivity index (χ4n) is 1.82. The van der Waals surface area contributed by atoms with Crippen molar-refractivity contribution >= 4 is 11.9 Å². The van der Waals surface area contributed by atoms with E-state index < -0.39 is 29.9 Å². The van der Waals surface area contributed by atoms with Crippen LogP contribution in [0.25, 0.3) is 0 Å². The molecule has 1 aromatic rings. The third-order valence-electron chi connectivity index (χ3n) is 2.91. The molecule has 0 amide bonds. The van der Waals surface area contributed by atoms with Crippen molar-refractivity contribution in [1.82, 2.24) is 0 Å². The van der Waals surface area contributed by atoms with Crippen molar-refractivity contribution in [3.63, 3.8) is 0 Å². The van der Waals surface area contributed by atoms with E-state index in [-0.39, 0.29) is 12.0 Å². The summed E-state index contributed by atoms with van der Waals surface area (Å²) >= 11 is 0. The fourth-order valence-corrected chi connectivity index (χ4v) is 1.82. The van der Waals surface area contributed by atoms with E-state index in [0.29, 0.717) is 6.42 Å². The second kappa shape index (κ2) is 7.14. The van der Waals surface area contributed by atoms with Crippen LogP contribution in [0.15, 0.2) is 30.3 Å². The molecule has 0 aliphatic heterocycles. The normalized spacial score (nSPS) is 16.6. The number of carbonyl (C=O) groups excluding carboxylic acids is 1. The van der Waals surface area contributed by atoms with Gasteiger partial charge in [0.25, 0.3) is 0 Å². The van der Waals surface area contributed by atoms with Gasteiger partial charge in [-0.2, -0.15) is 0 Å². The number of hydrogen-bond donors (Lipinski definition) is 3. The first-order chi connectivity index (χ1) is 9.80. The highest BCUT2D eigenvalue weighted by Crippen LogP contribution is 2.27. The zero-order valence-corrected chi connectivity index (χ0v) is 11.5. The van der Waals surface area contributed by atoms with Crippen LogP contribution in [0.3, 0.4) is 0 Å². The van der Waals surface area contributed by atoms with Gasteiger partial charge in [-0.1, -0.05) is 37.3 Å². The molecule has 0 aromatic heterocycles. The summed E-state index contributed by atoms with van der Waals surface area (Å²) in [5.41, 5.74) is 2.54. The number of alkyl halides is 1. The van der Waals surface area contributed by atoms with Gasteiger partial charge < -0.3 is 14.9 Å². The molecule has 0 aliphatic carbocycles. The Morgan fingerprint density at radius 3 is 2.43 bits per heavy atom. The van der Waals surface area contributed by atoms with Crippen LogP contribution in [0.4, 0.5) is 4.39 Å². The van der Waals surface area contributed by atoms with Gasteiger partial charge in [0.15, 0.2) is 0 Å². The highest BCUT2D eigenvalue weighted by Gasteiger charge is 2.47. The Balaban J connectivity index is 3.09. The average molecular weight is 299 g/mol. The van der Waals surface area contributed by atoms with Crippen LogP contribution in [0, 0.1) is 0 Å². The number of hydrogen-bond acceptors (Lipinski definition) is 5. The highest BCUT2D eigenvalue weighted by atomic mass is 19.1. The first kappa shape index (κ1) is 17.1. The van der Waals surface area contributed by atoms with Crippen LogP contribution in [0.1, 0.15) is 31.2 Å². The smallest absolute Gasteiger partial charge is 0.352 e. The van der Waals surface area contributed by atoms with Crippen LogP contribution in [-0.4, -0.2) is 34.2 Å². The van der Waals surface area contributed by atoms with Gasteiger partial charge in [0.1, 0.15) is 5.92 Å². The number of halogens is 1. The summed E-state index contributed by atoms with van der Waals surface area (Å²) in [5, 5.41) is 18.9. The minimum atomic E-state index is -2.90. The van der Waals surface area contributed by atoms with Crippen molar-refractivity contribution in [2.24, 2.45) is 5.73 Å². The minimum Gasteiger partial charge on any atom is -0.478 e. The molecule has 0 aliphatic rings. The molecule has 0 radical (unpaired) electrons. The monoisotopic (exact) mass is 299 g/mol. The number of carbonyl (C=O) groups is 2. The molecule has 4 N–H and O–H groups in total. The molecule has 3 atom stereocenters. The molecule has 7 heteroatoms. The van der Waals surface area contributed by atoms with Crippen molar-refractivity contribution in [3.05, 3.63) is 35.9 Å². The zero-order valence-electron chi connectivity index (χ0n) is 11.5. The Bertz CT molecular complexity index is 491. The number of benzene rings is 1. The lowest BCUT2D eigenvalue weighted by Gasteiger charge is -2.27. The second-order valence-corrected chi connectivity index (χ2v) is 4.61. The van der Waals surface area contributed by atoms with E-state index >= 15 is 0 Å². The maximum Gasteiger partial charge on any atom is 0.352 e. The van der Waals surface area contributed by atoms with Gasteiger partial charge in [0.05, 0.1) is 0 Å². The van der Waals surface area contributed by atoms with Gasteiger partial charge in [0.2, 0.25) is 12.1 Å². The van der Waals surface area contributed by atoms with Gasteiger partial charge in [-0.15, -0.1) is 0 Å². The number of ether oxygens (including phenoxy) is 1. The third kappa shape index (κ3) is 4.24. The molecule has 116 valence electrons. The predicted molar refractivity (Wildman–Crippen MR) is 71.9 cm³/mol. The summed E-state index contributed by atoms with van der Waals surface area (Å²) in [5.74, 6) is -4.76. The summed E-state index contributed by atoms with van der Waals surface area (Å²) in [7, 11) is 0. The Hall–Kier alpha value is -1.99. The maximum atomic E-state index is 13.4. The lowest BCUT2D eigenvalue weighted by molar-refractivity contribution is -0.177. The van der Waals surface area contributed by atoms with Gasteiger partial charge >= 0.3 is 11.9 Å². The largest absolute Gasteiger partial charge is 0.478 e.